The molecule has 1 amide bonds. The average molecular weight is 412 g/mol. The Morgan fingerprint density at radius 1 is 1.21 bits per heavy atom. The van der Waals surface area contributed by atoms with Gasteiger partial charge in [0.15, 0.2) is 0 Å². The number of amides is 1. The lowest BCUT2D eigenvalue weighted by Crippen LogP contribution is -2.53. The first kappa shape index (κ1) is 20.6. The van der Waals surface area contributed by atoms with E-state index in [2.05, 4.69) is 0 Å². The summed E-state index contributed by atoms with van der Waals surface area (Å²) in [5.74, 6) is -0.262. The maximum Gasteiger partial charge on any atom is 0.251 e. The van der Waals surface area contributed by atoms with Crippen LogP contribution in [0.5, 0.6) is 0 Å². The lowest BCUT2D eigenvalue weighted by Gasteiger charge is -2.35. The van der Waals surface area contributed by atoms with Gasteiger partial charge in [-0.3, -0.25) is 9.69 Å². The minimum absolute atomic E-state index is 0.0436. The van der Waals surface area contributed by atoms with E-state index in [1.807, 2.05) is 6.07 Å². The van der Waals surface area contributed by atoms with Crippen LogP contribution in [0.1, 0.15) is 18.4 Å². The highest BCUT2D eigenvalue weighted by atomic mass is 32.2. The average Bonchev–Trinajstić information content (AvgIpc) is 3.52. The van der Waals surface area contributed by atoms with Gasteiger partial charge in [-0.1, -0.05) is 12.1 Å². The Hall–Kier alpha value is -2.09. The van der Waals surface area contributed by atoms with Gasteiger partial charge in [0, 0.05) is 32.2 Å². The number of piperazine rings is 1. The van der Waals surface area contributed by atoms with Crippen LogP contribution in [0.25, 0.3) is 0 Å². The van der Waals surface area contributed by atoms with Crippen molar-refractivity contribution >= 4 is 15.9 Å². The number of carbonyl (C=O) groups is 1. The molecule has 1 saturated carbocycles. The summed E-state index contributed by atoms with van der Waals surface area (Å²) in [6, 6.07) is 7.92. The molecule has 28 heavy (non-hydrogen) atoms. The molecule has 7 nitrogen and oxygen atoms in total. The summed E-state index contributed by atoms with van der Waals surface area (Å²) in [7, 11) is -3.83. The first-order valence-electron chi connectivity index (χ1n) is 9.12. The second-order valence-corrected chi connectivity index (χ2v) is 8.85. The third-order valence-corrected chi connectivity index (χ3v) is 6.95. The molecule has 0 atom stereocenters. The maximum atomic E-state index is 12.8. The van der Waals surface area contributed by atoms with Crippen molar-refractivity contribution in [3.8, 4) is 6.07 Å². The molecule has 2 aliphatic rings. The monoisotopic (exact) mass is 412 g/mol. The molecule has 1 saturated heterocycles. The molecule has 1 heterocycles. The van der Waals surface area contributed by atoms with Crippen molar-refractivity contribution in [3.63, 3.8) is 0 Å². The van der Waals surface area contributed by atoms with E-state index < -0.39 is 23.0 Å². The SMILES string of the molecule is N#Cc1ccccc1S(=O)(=O)N1CCN(C(=O)CN(CC(F)F)C2CC2)CC1. The predicted molar refractivity (Wildman–Crippen MR) is 97.1 cm³/mol. The van der Waals surface area contributed by atoms with Gasteiger partial charge in [-0.15, -0.1) is 0 Å². The fourth-order valence-corrected chi connectivity index (χ4v) is 4.90. The van der Waals surface area contributed by atoms with Gasteiger partial charge in [-0.05, 0) is 25.0 Å². The Morgan fingerprint density at radius 3 is 2.43 bits per heavy atom. The second kappa shape index (κ2) is 8.51. The highest BCUT2D eigenvalue weighted by molar-refractivity contribution is 7.89. The Kier molecular flexibility index (Phi) is 6.27. The molecular weight excluding hydrogens is 390 g/mol. The van der Waals surface area contributed by atoms with Crippen LogP contribution in [-0.4, -0.2) is 80.2 Å². The summed E-state index contributed by atoms with van der Waals surface area (Å²) < 4.78 is 52.3. The topological polar surface area (TPSA) is 84.7 Å². The van der Waals surface area contributed by atoms with Crippen LogP contribution in [0, 0.1) is 11.3 Å². The largest absolute Gasteiger partial charge is 0.339 e. The molecule has 152 valence electrons. The van der Waals surface area contributed by atoms with Crippen LogP contribution >= 0.6 is 0 Å². The lowest BCUT2D eigenvalue weighted by molar-refractivity contribution is -0.134. The molecule has 1 aromatic rings. The van der Waals surface area contributed by atoms with Crippen LogP contribution in [0.4, 0.5) is 8.78 Å². The van der Waals surface area contributed by atoms with Crippen LogP contribution in [0.2, 0.25) is 0 Å². The third-order valence-electron chi connectivity index (χ3n) is 4.99. The van der Waals surface area contributed by atoms with Gasteiger partial charge >= 0.3 is 0 Å². The Bertz CT molecular complexity index is 860. The highest BCUT2D eigenvalue weighted by Gasteiger charge is 2.35. The first-order chi connectivity index (χ1) is 13.3. The number of rotatable bonds is 7. The fourth-order valence-electron chi connectivity index (χ4n) is 3.33. The Balaban J connectivity index is 1.61. The molecule has 1 aliphatic carbocycles. The summed E-state index contributed by atoms with van der Waals surface area (Å²) in [5.41, 5.74) is 0.0769. The smallest absolute Gasteiger partial charge is 0.251 e. The molecule has 0 radical (unpaired) electrons. The molecule has 0 spiro atoms. The van der Waals surface area contributed by atoms with Crippen LogP contribution < -0.4 is 0 Å². The van der Waals surface area contributed by atoms with E-state index in [-0.39, 0.29) is 55.1 Å². The molecule has 0 bridgehead atoms. The first-order valence-corrected chi connectivity index (χ1v) is 10.6. The number of sulfonamides is 1. The number of benzene rings is 1. The van der Waals surface area contributed by atoms with E-state index in [1.165, 1.54) is 26.2 Å². The molecule has 3 rings (SSSR count). The molecular formula is C18H22F2N4O3S. The summed E-state index contributed by atoms with van der Waals surface area (Å²) in [6.07, 6.45) is -0.843. The maximum absolute atomic E-state index is 12.8. The molecule has 0 aromatic heterocycles. The number of hydrogen-bond acceptors (Lipinski definition) is 5. The summed E-state index contributed by atoms with van der Waals surface area (Å²) in [5, 5.41) is 9.15. The van der Waals surface area contributed by atoms with E-state index >= 15 is 0 Å². The summed E-state index contributed by atoms with van der Waals surface area (Å²) >= 11 is 0. The Labute approximate surface area is 163 Å². The zero-order chi connectivity index (χ0) is 20.3. The van der Waals surface area contributed by atoms with Gasteiger partial charge < -0.3 is 4.90 Å². The van der Waals surface area contributed by atoms with Crippen molar-refractivity contribution in [2.24, 2.45) is 0 Å². The van der Waals surface area contributed by atoms with Crippen molar-refractivity contribution in [1.82, 2.24) is 14.1 Å². The third kappa shape index (κ3) is 4.66. The van der Waals surface area contributed by atoms with Crippen molar-refractivity contribution in [2.45, 2.75) is 30.2 Å². The van der Waals surface area contributed by atoms with E-state index in [0.717, 1.165) is 12.8 Å². The van der Waals surface area contributed by atoms with Gasteiger partial charge in [0.05, 0.1) is 23.5 Å². The Morgan fingerprint density at radius 2 is 1.86 bits per heavy atom. The molecule has 10 heteroatoms. The van der Waals surface area contributed by atoms with E-state index in [0.29, 0.717) is 0 Å². The lowest BCUT2D eigenvalue weighted by atomic mass is 10.2. The van der Waals surface area contributed by atoms with E-state index in [1.54, 1.807) is 12.1 Å². The standard InChI is InChI=1S/C18H22F2N4O3S/c19-17(20)12-23(15-5-6-15)13-18(25)22-7-9-24(10-8-22)28(26,27)16-4-2-1-3-14(16)11-21/h1-4,15,17H,5-10,12-13H2. The van der Waals surface area contributed by atoms with Crippen LogP contribution in [-0.2, 0) is 14.8 Å². The van der Waals surface area contributed by atoms with E-state index in [4.69, 9.17) is 5.26 Å². The van der Waals surface area contributed by atoms with Gasteiger partial charge in [-0.25, -0.2) is 17.2 Å². The van der Waals surface area contributed by atoms with Gasteiger partial charge in [0.25, 0.3) is 6.43 Å². The van der Waals surface area contributed by atoms with Gasteiger partial charge in [-0.2, -0.15) is 9.57 Å². The quantitative estimate of drug-likeness (QED) is 0.670. The fraction of sp³-hybridized carbons (Fsp3) is 0.556. The van der Waals surface area contributed by atoms with Crippen molar-refractivity contribution in [3.05, 3.63) is 29.8 Å². The van der Waals surface area contributed by atoms with Crippen LogP contribution in [0.3, 0.4) is 0 Å². The van der Waals surface area contributed by atoms with Crippen LogP contribution in [0.15, 0.2) is 29.2 Å². The molecule has 0 N–H and O–H groups in total. The highest BCUT2D eigenvalue weighted by Crippen LogP contribution is 2.27. The molecule has 0 unspecified atom stereocenters. The van der Waals surface area contributed by atoms with Crippen molar-refractivity contribution < 1.29 is 22.0 Å². The number of nitrogens with zero attached hydrogens (tertiary/aromatic N) is 4. The minimum atomic E-state index is -3.83. The van der Waals surface area contributed by atoms with Gasteiger partial charge in [0.2, 0.25) is 15.9 Å². The normalized spacial score (nSPS) is 18.5. The number of nitriles is 1. The van der Waals surface area contributed by atoms with Crippen molar-refractivity contribution in [1.29, 1.82) is 5.26 Å². The number of alkyl halides is 2. The number of hydrogen-bond donors (Lipinski definition) is 0. The number of carbonyl (C=O) groups excluding carboxylic acids is 1. The molecule has 1 aliphatic heterocycles. The second-order valence-electron chi connectivity index (χ2n) is 6.94. The zero-order valence-electron chi connectivity index (χ0n) is 15.3. The molecule has 2 fully saturated rings. The molecule has 1 aromatic carbocycles. The number of halogens is 2. The zero-order valence-corrected chi connectivity index (χ0v) is 16.1. The van der Waals surface area contributed by atoms with E-state index in [9.17, 15) is 22.0 Å². The van der Waals surface area contributed by atoms with Crippen molar-refractivity contribution in [2.75, 3.05) is 39.3 Å². The minimum Gasteiger partial charge on any atom is -0.339 e. The summed E-state index contributed by atoms with van der Waals surface area (Å²) in [4.78, 5) is 15.5. The van der Waals surface area contributed by atoms with Gasteiger partial charge in [0.1, 0.15) is 6.07 Å². The summed E-state index contributed by atoms with van der Waals surface area (Å²) in [6.45, 7) is 0.104. The predicted octanol–water partition coefficient (Wildman–Crippen LogP) is 1.12.